The highest BCUT2D eigenvalue weighted by atomic mass is 14.9. The molecule has 4 heteroatoms. The molecule has 4 aromatic heterocycles. The highest BCUT2D eigenvalue weighted by Gasteiger charge is 2.43. The third-order valence-electron chi connectivity index (χ3n) is 23.4. The van der Waals surface area contributed by atoms with Crippen LogP contribution in [0.4, 0.5) is 0 Å². The van der Waals surface area contributed by atoms with Crippen LogP contribution >= 0.6 is 0 Å². The Morgan fingerprint density at radius 3 is 0.915 bits per heavy atom. The predicted octanol–water partition coefficient (Wildman–Crippen LogP) is 21.2. The Labute approximate surface area is 585 Å². The van der Waals surface area contributed by atoms with Crippen LogP contribution in [0, 0.1) is 69.0 Å². The van der Waals surface area contributed by atoms with Crippen LogP contribution in [-0.4, -0.2) is 0 Å². The Balaban J connectivity index is 0.000000160. The van der Waals surface area contributed by atoms with Gasteiger partial charge in [0.15, 0.2) is 24.8 Å². The molecule has 0 bridgehead atoms. The van der Waals surface area contributed by atoms with E-state index in [0.29, 0.717) is 16.7 Å². The molecule has 0 radical (unpaired) electrons. The Hall–Kier alpha value is -6.52. The lowest BCUT2D eigenvalue weighted by atomic mass is 9.62. The lowest BCUT2D eigenvalue weighted by Crippen LogP contribution is -2.40. The lowest BCUT2D eigenvalue weighted by molar-refractivity contribution is -0.661. The van der Waals surface area contributed by atoms with Crippen LogP contribution < -0.4 is 18.3 Å². The second-order valence-electron chi connectivity index (χ2n) is 34.8. The molecule has 94 heavy (non-hydrogen) atoms. The summed E-state index contributed by atoms with van der Waals surface area (Å²) in [5.74, 6) is 0. The van der Waals surface area contributed by atoms with Gasteiger partial charge in [0.05, 0.1) is 0 Å². The summed E-state index contributed by atoms with van der Waals surface area (Å²) in [5, 5.41) is 0. The SMILES string of the molecule is Cc1cc(-c2cc3c(cc2C)C(C)(C)CCC3(C)C)[n+](C)cc1C.[2H]C([2H])([2H])c1c[n+](C)c(-c2cc3c(cc2C)C(C)(C)CCC3(C)C)cc1C.[2H]C([2H])([2H])c1ccc(-c2cc3c(c[n+]2C)C(C)(C)CCC3(C)C)c(C)c1.[2H]C([2H])([2H])c1ccc(-c2cc3c(cc2C)C(C)(C)CCC3(C)C)[n+](C)c1. The molecule has 0 amide bonds. The Morgan fingerprint density at radius 2 is 0.543 bits per heavy atom. The monoisotopic (exact) mass is 1270 g/mol. The molecule has 4 aromatic carbocycles. The van der Waals surface area contributed by atoms with Gasteiger partial charge in [-0.15, -0.1) is 0 Å². The van der Waals surface area contributed by atoms with Crippen molar-refractivity contribution in [2.75, 3.05) is 0 Å². The molecule has 0 fully saturated rings. The summed E-state index contributed by atoms with van der Waals surface area (Å²) in [5.41, 5.74) is 32.3. The van der Waals surface area contributed by atoms with E-state index in [9.17, 15) is 0 Å². The van der Waals surface area contributed by atoms with Gasteiger partial charge in [0.2, 0.25) is 22.8 Å². The number of pyridine rings is 4. The van der Waals surface area contributed by atoms with E-state index in [0.717, 1.165) is 33.8 Å². The highest BCUT2D eigenvalue weighted by molar-refractivity contribution is 5.69. The molecule has 0 spiro atoms. The summed E-state index contributed by atoms with van der Waals surface area (Å²) in [6.07, 6.45) is 17.7. The van der Waals surface area contributed by atoms with E-state index in [1.165, 1.54) is 141 Å². The van der Waals surface area contributed by atoms with Crippen LogP contribution in [0.1, 0.15) is 275 Å². The molecular weight excluding hydrogens is 1140 g/mol. The Bertz CT molecular complexity index is 4450. The maximum absolute atomic E-state index is 7.77. The summed E-state index contributed by atoms with van der Waals surface area (Å²) in [6, 6.07) is 30.2. The van der Waals surface area contributed by atoms with Gasteiger partial charge in [-0.2, -0.15) is 0 Å². The van der Waals surface area contributed by atoms with E-state index >= 15 is 0 Å². The van der Waals surface area contributed by atoms with Gasteiger partial charge >= 0.3 is 0 Å². The zero-order valence-corrected chi connectivity index (χ0v) is 63.3. The quantitative estimate of drug-likeness (QED) is 0.156. The fraction of sp³-hybridized carbons (Fsp3) is 0.511. The summed E-state index contributed by atoms with van der Waals surface area (Å²) in [7, 11) is 8.12. The second kappa shape index (κ2) is 25.5. The lowest BCUT2D eigenvalue weighted by Gasteiger charge is -2.42. The van der Waals surface area contributed by atoms with E-state index in [-0.39, 0.29) is 43.3 Å². The van der Waals surface area contributed by atoms with Crippen molar-refractivity contribution in [2.24, 2.45) is 28.2 Å². The van der Waals surface area contributed by atoms with Crippen molar-refractivity contribution in [3.8, 4) is 45.0 Å². The molecular formula is C90H124N4+4. The Morgan fingerprint density at radius 1 is 0.245 bits per heavy atom. The number of nitrogens with zero attached hydrogens (tertiary/aromatic N) is 4. The molecule has 0 saturated carbocycles. The second-order valence-corrected chi connectivity index (χ2v) is 34.8. The van der Waals surface area contributed by atoms with Gasteiger partial charge in [0, 0.05) is 81.1 Å². The molecule has 0 saturated heterocycles. The summed E-state index contributed by atoms with van der Waals surface area (Å²) in [6.45, 7) is 46.3. The van der Waals surface area contributed by atoms with Crippen molar-refractivity contribution in [3.63, 3.8) is 0 Å². The average molecular weight is 1270 g/mol. The van der Waals surface area contributed by atoms with E-state index in [1.54, 1.807) is 36.2 Å². The minimum absolute atomic E-state index is 0.152. The maximum atomic E-state index is 7.77. The van der Waals surface area contributed by atoms with Crippen LogP contribution in [-0.2, 0) is 71.5 Å². The van der Waals surface area contributed by atoms with Crippen LogP contribution in [0.3, 0.4) is 0 Å². The molecule has 4 aliphatic carbocycles. The third-order valence-corrected chi connectivity index (χ3v) is 23.4. The minimum Gasteiger partial charge on any atom is -0.201 e. The highest BCUT2D eigenvalue weighted by Crippen LogP contribution is 2.51. The zero-order chi connectivity index (χ0) is 77.2. The maximum Gasteiger partial charge on any atom is 0.212 e. The van der Waals surface area contributed by atoms with Gasteiger partial charge in [-0.05, 0) is 266 Å². The van der Waals surface area contributed by atoms with E-state index in [1.807, 2.05) is 55.3 Å². The van der Waals surface area contributed by atoms with Gasteiger partial charge in [-0.3, -0.25) is 0 Å². The van der Waals surface area contributed by atoms with Crippen LogP contribution in [0.15, 0.2) is 110 Å². The number of fused-ring (bicyclic) bond motifs is 4. The minimum atomic E-state index is -2.09. The standard InChI is InChI=1S/2C23H32N.2C22H30N/c2*1-15-12-21(24(8)14-17(15)3)18-13-20-19(11-16(18)2)22(4,5)9-10-23(20,6)7;1-15-8-9-20(23(7)14-15)17-13-19-18(12-16(17)2)21(3,4)10-11-22(19,5)6;1-15-8-9-17(16(2)12-15)20-13-18-19(14-23(20)7)22(5,6)11-10-21(18,3)4/h2*11-14H,9-10H2,1-8H3;2*8-9,12-14H,10-11H2,1-7H3/q4*+1/i3D3;;2*1D3. The van der Waals surface area contributed by atoms with Gasteiger partial charge in [0.1, 0.15) is 28.2 Å². The predicted molar refractivity (Wildman–Crippen MR) is 401 cm³/mol. The largest absolute Gasteiger partial charge is 0.212 e. The van der Waals surface area contributed by atoms with Gasteiger partial charge < -0.3 is 0 Å². The normalized spacial score (nSPS) is 20.3. The summed E-state index contributed by atoms with van der Waals surface area (Å²) < 4.78 is 77.5. The number of aryl methyl sites for hydroxylation is 14. The topological polar surface area (TPSA) is 15.5 Å². The molecule has 12 rings (SSSR count). The smallest absolute Gasteiger partial charge is 0.201 e. The number of hydrogen-bond donors (Lipinski definition) is 0. The molecule has 0 aliphatic heterocycles. The van der Waals surface area contributed by atoms with Crippen molar-refractivity contribution < 1.29 is 30.6 Å². The number of aromatic nitrogens is 4. The van der Waals surface area contributed by atoms with Crippen LogP contribution in [0.5, 0.6) is 0 Å². The van der Waals surface area contributed by atoms with Crippen molar-refractivity contribution in [3.05, 3.63) is 210 Å². The van der Waals surface area contributed by atoms with Crippen molar-refractivity contribution in [1.82, 2.24) is 0 Å². The zero-order valence-electron chi connectivity index (χ0n) is 72.3. The summed E-state index contributed by atoms with van der Waals surface area (Å²) >= 11 is 0. The fourth-order valence-corrected chi connectivity index (χ4v) is 15.9. The van der Waals surface area contributed by atoms with Gasteiger partial charge in [-0.25, -0.2) is 18.3 Å². The first-order valence-corrected chi connectivity index (χ1v) is 35.0. The first-order valence-electron chi connectivity index (χ1n) is 39.5. The number of rotatable bonds is 4. The average Bonchev–Trinajstić information content (AvgIpc) is 0.759. The molecule has 4 aliphatic rings. The number of hydrogen-bond acceptors (Lipinski definition) is 0. The van der Waals surface area contributed by atoms with Crippen molar-refractivity contribution >= 4 is 0 Å². The van der Waals surface area contributed by atoms with Gasteiger partial charge in [-0.1, -0.05) is 147 Å². The molecule has 4 heterocycles. The molecule has 500 valence electrons. The number of benzene rings is 4. The van der Waals surface area contributed by atoms with E-state index < -0.39 is 20.6 Å². The van der Waals surface area contributed by atoms with E-state index in [2.05, 4.69) is 230 Å². The molecule has 0 N–H and O–H groups in total. The van der Waals surface area contributed by atoms with Gasteiger partial charge in [0.25, 0.3) is 0 Å². The first-order chi connectivity index (χ1) is 46.9. The van der Waals surface area contributed by atoms with Crippen molar-refractivity contribution in [2.45, 2.75) is 274 Å². The summed E-state index contributed by atoms with van der Waals surface area (Å²) in [4.78, 5) is 0. The van der Waals surface area contributed by atoms with Crippen molar-refractivity contribution in [1.29, 1.82) is 0 Å². The molecule has 8 aromatic rings. The first kappa shape index (κ1) is 59.9. The molecule has 0 unspecified atom stereocenters. The van der Waals surface area contributed by atoms with Crippen LogP contribution in [0.2, 0.25) is 0 Å². The molecule has 4 nitrogen and oxygen atoms in total. The van der Waals surface area contributed by atoms with Crippen LogP contribution in [0.25, 0.3) is 45.0 Å². The third kappa shape index (κ3) is 14.2. The van der Waals surface area contributed by atoms with E-state index in [4.69, 9.17) is 12.3 Å². The fourth-order valence-electron chi connectivity index (χ4n) is 15.9. The Kier molecular flexibility index (Phi) is 16.2. The molecule has 0 atom stereocenters.